The molecule has 0 fully saturated rings. The van der Waals surface area contributed by atoms with Crippen LogP contribution in [0.1, 0.15) is 30.5 Å². The van der Waals surface area contributed by atoms with E-state index in [4.69, 9.17) is 0 Å². The Morgan fingerprint density at radius 1 is 1.10 bits per heavy atom. The molecule has 2 aromatic carbocycles. The van der Waals surface area contributed by atoms with Gasteiger partial charge in [-0.15, -0.1) is 0 Å². The van der Waals surface area contributed by atoms with Crippen molar-refractivity contribution in [2.24, 2.45) is 0 Å². The van der Waals surface area contributed by atoms with Crippen molar-refractivity contribution in [2.75, 3.05) is 6.54 Å². The highest BCUT2D eigenvalue weighted by molar-refractivity contribution is 9.10. The Kier molecular flexibility index (Phi) is 5.26. The summed E-state index contributed by atoms with van der Waals surface area (Å²) in [6.07, 6.45) is 0.921. The predicted molar refractivity (Wildman–Crippen MR) is 80.6 cm³/mol. The maximum atomic E-state index is 14.0. The van der Waals surface area contributed by atoms with Crippen LogP contribution in [0.5, 0.6) is 0 Å². The van der Waals surface area contributed by atoms with Gasteiger partial charge in [-0.05, 0) is 36.7 Å². The second-order valence-corrected chi connectivity index (χ2v) is 5.50. The zero-order valence-corrected chi connectivity index (χ0v) is 12.8. The summed E-state index contributed by atoms with van der Waals surface area (Å²) in [6, 6.07) is 11.5. The van der Waals surface area contributed by atoms with Crippen LogP contribution in [0.2, 0.25) is 0 Å². The van der Waals surface area contributed by atoms with E-state index < -0.39 is 11.6 Å². The Balaban J connectivity index is 2.41. The van der Waals surface area contributed by atoms with Crippen LogP contribution in [0.4, 0.5) is 8.78 Å². The minimum atomic E-state index is -0.817. The first-order valence-corrected chi connectivity index (χ1v) is 7.35. The van der Waals surface area contributed by atoms with E-state index in [-0.39, 0.29) is 6.04 Å². The van der Waals surface area contributed by atoms with Crippen molar-refractivity contribution in [3.8, 4) is 0 Å². The molecule has 1 N–H and O–H groups in total. The van der Waals surface area contributed by atoms with Crippen LogP contribution >= 0.6 is 15.9 Å². The van der Waals surface area contributed by atoms with Crippen molar-refractivity contribution in [1.29, 1.82) is 0 Å². The first kappa shape index (κ1) is 15.1. The number of hydrogen-bond acceptors (Lipinski definition) is 1. The number of benzene rings is 2. The van der Waals surface area contributed by atoms with E-state index in [0.29, 0.717) is 5.56 Å². The largest absolute Gasteiger partial charge is 0.306 e. The third-order valence-corrected chi connectivity index (χ3v) is 3.62. The van der Waals surface area contributed by atoms with Gasteiger partial charge in [0.05, 0.1) is 6.04 Å². The van der Waals surface area contributed by atoms with Crippen molar-refractivity contribution < 1.29 is 8.78 Å². The summed E-state index contributed by atoms with van der Waals surface area (Å²) in [5.74, 6) is -1.60. The van der Waals surface area contributed by atoms with Gasteiger partial charge < -0.3 is 5.32 Å². The van der Waals surface area contributed by atoms with E-state index in [0.717, 1.165) is 29.1 Å². The molecule has 0 aromatic heterocycles. The summed E-state index contributed by atoms with van der Waals surface area (Å²) < 4.78 is 28.4. The zero-order chi connectivity index (χ0) is 14.5. The molecule has 0 radical (unpaired) electrons. The molecule has 0 aliphatic heterocycles. The molecule has 0 heterocycles. The van der Waals surface area contributed by atoms with Crippen LogP contribution in [0.15, 0.2) is 46.9 Å². The minimum Gasteiger partial charge on any atom is -0.306 e. The van der Waals surface area contributed by atoms with Gasteiger partial charge in [-0.3, -0.25) is 0 Å². The van der Waals surface area contributed by atoms with Gasteiger partial charge in [0.1, 0.15) is 0 Å². The lowest BCUT2D eigenvalue weighted by atomic mass is 9.98. The maximum absolute atomic E-state index is 14.0. The quantitative estimate of drug-likeness (QED) is 0.823. The summed E-state index contributed by atoms with van der Waals surface area (Å²) in [6.45, 7) is 2.77. The predicted octanol–water partition coefficient (Wildman–Crippen LogP) is 4.82. The van der Waals surface area contributed by atoms with E-state index in [1.165, 1.54) is 6.07 Å². The molecule has 0 aliphatic rings. The molecule has 4 heteroatoms. The first-order valence-electron chi connectivity index (χ1n) is 6.56. The minimum absolute atomic E-state index is 0.334. The summed E-state index contributed by atoms with van der Waals surface area (Å²) >= 11 is 3.38. The van der Waals surface area contributed by atoms with E-state index in [2.05, 4.69) is 21.2 Å². The Morgan fingerprint density at radius 3 is 2.45 bits per heavy atom. The molecule has 1 nitrogen and oxygen atoms in total. The highest BCUT2D eigenvalue weighted by Crippen LogP contribution is 2.26. The van der Waals surface area contributed by atoms with Crippen LogP contribution in [0.3, 0.4) is 0 Å². The monoisotopic (exact) mass is 339 g/mol. The molecular formula is C16H16BrF2N. The number of nitrogens with one attached hydrogen (secondary N) is 1. The Bertz CT molecular complexity index is 569. The van der Waals surface area contributed by atoms with Crippen LogP contribution in [-0.4, -0.2) is 6.54 Å². The summed E-state index contributed by atoms with van der Waals surface area (Å²) in [4.78, 5) is 0. The molecule has 1 atom stereocenters. The third-order valence-electron chi connectivity index (χ3n) is 3.09. The molecule has 1 unspecified atom stereocenters. The van der Waals surface area contributed by atoms with Crippen molar-refractivity contribution in [3.63, 3.8) is 0 Å². The highest BCUT2D eigenvalue weighted by atomic mass is 79.9. The van der Waals surface area contributed by atoms with Crippen molar-refractivity contribution in [3.05, 3.63) is 69.7 Å². The highest BCUT2D eigenvalue weighted by Gasteiger charge is 2.19. The molecule has 0 saturated carbocycles. The standard InChI is InChI=1S/C16H16BrF2N/c1-2-10-20-16(11-6-8-12(17)9-7-11)13-4-3-5-14(18)15(13)19/h3-9,16,20H,2,10H2,1H3. The molecule has 2 aromatic rings. The topological polar surface area (TPSA) is 12.0 Å². The number of hydrogen-bond donors (Lipinski definition) is 1. The van der Waals surface area contributed by atoms with Gasteiger partial charge in [-0.2, -0.15) is 0 Å². The Hall–Kier alpha value is -1.26. The summed E-state index contributed by atoms with van der Waals surface area (Å²) in [5, 5.41) is 3.27. The van der Waals surface area contributed by atoms with Gasteiger partial charge in [0, 0.05) is 10.0 Å². The fraction of sp³-hybridized carbons (Fsp3) is 0.250. The summed E-state index contributed by atoms with van der Waals surface area (Å²) in [5.41, 5.74) is 1.24. The van der Waals surface area contributed by atoms with E-state index >= 15 is 0 Å². The van der Waals surface area contributed by atoms with Gasteiger partial charge >= 0.3 is 0 Å². The molecule has 0 amide bonds. The molecule has 0 spiro atoms. The van der Waals surface area contributed by atoms with Crippen LogP contribution in [-0.2, 0) is 0 Å². The molecule has 0 bridgehead atoms. The molecular weight excluding hydrogens is 324 g/mol. The van der Waals surface area contributed by atoms with E-state index in [1.54, 1.807) is 6.07 Å². The van der Waals surface area contributed by atoms with E-state index in [9.17, 15) is 8.78 Å². The SMILES string of the molecule is CCCNC(c1ccc(Br)cc1)c1cccc(F)c1F. The zero-order valence-electron chi connectivity index (χ0n) is 11.2. The lowest BCUT2D eigenvalue weighted by Gasteiger charge is -2.20. The molecule has 20 heavy (non-hydrogen) atoms. The van der Waals surface area contributed by atoms with Crippen LogP contribution in [0.25, 0.3) is 0 Å². The number of rotatable bonds is 5. The average molecular weight is 340 g/mol. The molecule has 0 saturated heterocycles. The molecule has 0 aliphatic carbocycles. The molecule has 2 rings (SSSR count). The second kappa shape index (κ2) is 6.95. The lowest BCUT2D eigenvalue weighted by molar-refractivity contribution is 0.480. The van der Waals surface area contributed by atoms with Gasteiger partial charge in [-0.25, -0.2) is 8.78 Å². The van der Waals surface area contributed by atoms with E-state index in [1.807, 2.05) is 31.2 Å². The van der Waals surface area contributed by atoms with Gasteiger partial charge in [0.2, 0.25) is 0 Å². The fourth-order valence-electron chi connectivity index (χ4n) is 2.09. The summed E-state index contributed by atoms with van der Waals surface area (Å²) in [7, 11) is 0. The lowest BCUT2D eigenvalue weighted by Crippen LogP contribution is -2.24. The Labute approximate surface area is 126 Å². The van der Waals surface area contributed by atoms with Crippen molar-refractivity contribution in [2.45, 2.75) is 19.4 Å². The van der Waals surface area contributed by atoms with Crippen LogP contribution < -0.4 is 5.32 Å². The normalized spacial score (nSPS) is 12.4. The maximum Gasteiger partial charge on any atom is 0.163 e. The van der Waals surface area contributed by atoms with Gasteiger partial charge in [-0.1, -0.05) is 47.1 Å². The average Bonchev–Trinajstić information content (AvgIpc) is 2.45. The van der Waals surface area contributed by atoms with Crippen molar-refractivity contribution in [1.82, 2.24) is 5.32 Å². The fourth-order valence-corrected chi connectivity index (χ4v) is 2.36. The Morgan fingerprint density at radius 2 is 1.80 bits per heavy atom. The first-order chi connectivity index (χ1) is 9.63. The van der Waals surface area contributed by atoms with Gasteiger partial charge in [0.15, 0.2) is 11.6 Å². The smallest absolute Gasteiger partial charge is 0.163 e. The van der Waals surface area contributed by atoms with Crippen LogP contribution in [0, 0.1) is 11.6 Å². The second-order valence-electron chi connectivity index (χ2n) is 4.58. The van der Waals surface area contributed by atoms with Gasteiger partial charge in [0.25, 0.3) is 0 Å². The third kappa shape index (κ3) is 3.44. The van der Waals surface area contributed by atoms with Crippen molar-refractivity contribution >= 4 is 15.9 Å². The molecule has 106 valence electrons. The number of halogens is 3.